The molecule has 1 unspecified atom stereocenters. The fourth-order valence-corrected chi connectivity index (χ4v) is 3.23. The lowest BCUT2D eigenvalue weighted by molar-refractivity contribution is 0.144. The predicted molar refractivity (Wildman–Crippen MR) is 70.5 cm³/mol. The molecule has 2 N–H and O–H groups in total. The van der Waals surface area contributed by atoms with Crippen LogP contribution in [0.2, 0.25) is 0 Å². The molecule has 0 aromatic carbocycles. The van der Waals surface area contributed by atoms with Gasteiger partial charge in [-0.05, 0) is 37.8 Å². The normalized spacial score (nSPS) is 20.0. The smallest absolute Gasteiger partial charge is 0.0229 e. The molecule has 1 fully saturated rings. The first-order valence-corrected chi connectivity index (χ1v) is 7.67. The second-order valence-electron chi connectivity index (χ2n) is 4.44. The molecule has 15 heavy (non-hydrogen) atoms. The largest absolute Gasteiger partial charge is 0.329 e. The average Bonchev–Trinajstić information content (AvgIpc) is 2.77. The molecule has 0 radical (unpaired) electrons. The first-order chi connectivity index (χ1) is 7.33. The number of hydrogen-bond donors (Lipinski definition) is 1. The van der Waals surface area contributed by atoms with Gasteiger partial charge in [-0.2, -0.15) is 11.8 Å². The van der Waals surface area contributed by atoms with Crippen molar-refractivity contribution in [1.82, 2.24) is 4.90 Å². The Balaban J connectivity index is 2.44. The van der Waals surface area contributed by atoms with Crippen molar-refractivity contribution < 1.29 is 0 Å². The highest BCUT2D eigenvalue weighted by Gasteiger charge is 2.26. The van der Waals surface area contributed by atoms with Crippen LogP contribution in [-0.2, 0) is 0 Å². The Morgan fingerprint density at radius 3 is 2.53 bits per heavy atom. The Hall–Kier alpha value is 0.270. The molecular weight excluding hydrogens is 204 g/mol. The molecule has 1 aliphatic carbocycles. The Morgan fingerprint density at radius 1 is 1.40 bits per heavy atom. The zero-order chi connectivity index (χ0) is 11.1. The van der Waals surface area contributed by atoms with Crippen LogP contribution < -0.4 is 5.73 Å². The van der Waals surface area contributed by atoms with Crippen molar-refractivity contribution >= 4 is 11.8 Å². The van der Waals surface area contributed by atoms with Gasteiger partial charge in [0.05, 0.1) is 0 Å². The highest BCUT2D eigenvalue weighted by Crippen LogP contribution is 2.25. The molecular formula is C12H26N2S. The van der Waals surface area contributed by atoms with Crippen LogP contribution in [0.3, 0.4) is 0 Å². The minimum Gasteiger partial charge on any atom is -0.329 e. The summed E-state index contributed by atoms with van der Waals surface area (Å²) in [5.74, 6) is 1.24. The number of nitrogens with two attached hydrogens (primary N) is 1. The van der Waals surface area contributed by atoms with Gasteiger partial charge in [0.2, 0.25) is 0 Å². The molecule has 0 aromatic heterocycles. The lowest BCUT2D eigenvalue weighted by Gasteiger charge is -2.35. The Morgan fingerprint density at radius 2 is 2.07 bits per heavy atom. The van der Waals surface area contributed by atoms with E-state index in [1.807, 2.05) is 11.8 Å². The van der Waals surface area contributed by atoms with E-state index in [0.29, 0.717) is 6.04 Å². The topological polar surface area (TPSA) is 29.3 Å². The number of likely N-dealkylation sites (N-methyl/N-ethyl adjacent to an activating group) is 1. The predicted octanol–water partition coefficient (Wildman–Crippen LogP) is 2.33. The molecule has 0 bridgehead atoms. The van der Waals surface area contributed by atoms with E-state index >= 15 is 0 Å². The number of thioether (sulfide) groups is 1. The number of nitrogens with zero attached hydrogens (tertiary/aromatic N) is 1. The highest BCUT2D eigenvalue weighted by molar-refractivity contribution is 7.98. The van der Waals surface area contributed by atoms with Gasteiger partial charge < -0.3 is 5.73 Å². The summed E-state index contributed by atoms with van der Waals surface area (Å²) in [5, 5.41) is 0. The number of hydrogen-bond acceptors (Lipinski definition) is 3. The van der Waals surface area contributed by atoms with Crippen LogP contribution >= 0.6 is 11.8 Å². The maximum atomic E-state index is 5.91. The van der Waals surface area contributed by atoms with E-state index in [2.05, 4.69) is 18.1 Å². The molecule has 0 amide bonds. The zero-order valence-electron chi connectivity index (χ0n) is 10.2. The summed E-state index contributed by atoms with van der Waals surface area (Å²) >= 11 is 1.93. The van der Waals surface area contributed by atoms with Gasteiger partial charge in [0.15, 0.2) is 0 Å². The minimum atomic E-state index is 0.616. The molecule has 1 rings (SSSR count). The van der Waals surface area contributed by atoms with Gasteiger partial charge in [-0.1, -0.05) is 19.8 Å². The van der Waals surface area contributed by atoms with Gasteiger partial charge in [0.1, 0.15) is 0 Å². The van der Waals surface area contributed by atoms with Crippen LogP contribution in [0.15, 0.2) is 0 Å². The van der Waals surface area contributed by atoms with E-state index in [1.54, 1.807) is 0 Å². The van der Waals surface area contributed by atoms with Gasteiger partial charge in [-0.25, -0.2) is 0 Å². The molecule has 1 saturated carbocycles. The van der Waals surface area contributed by atoms with Crippen molar-refractivity contribution in [2.24, 2.45) is 5.73 Å². The second kappa shape index (κ2) is 7.53. The SMILES string of the molecule is CCN(C(CN)CCSC)C1CCCC1. The third-order valence-corrected chi connectivity index (χ3v) is 4.20. The van der Waals surface area contributed by atoms with E-state index in [1.165, 1.54) is 44.4 Å². The molecule has 2 nitrogen and oxygen atoms in total. The quantitative estimate of drug-likeness (QED) is 0.728. The molecule has 0 heterocycles. The van der Waals surface area contributed by atoms with Gasteiger partial charge in [-0.3, -0.25) is 4.90 Å². The van der Waals surface area contributed by atoms with Gasteiger partial charge in [0.25, 0.3) is 0 Å². The van der Waals surface area contributed by atoms with Crippen molar-refractivity contribution in [3.05, 3.63) is 0 Å². The summed E-state index contributed by atoms with van der Waals surface area (Å²) < 4.78 is 0. The first kappa shape index (κ1) is 13.3. The molecule has 1 atom stereocenters. The Bertz CT molecular complexity index is 158. The lowest BCUT2D eigenvalue weighted by Crippen LogP contribution is -2.46. The van der Waals surface area contributed by atoms with Crippen LogP contribution in [0.1, 0.15) is 39.0 Å². The average molecular weight is 230 g/mol. The van der Waals surface area contributed by atoms with Crippen LogP contribution in [0.25, 0.3) is 0 Å². The fourth-order valence-electron chi connectivity index (χ4n) is 2.72. The maximum Gasteiger partial charge on any atom is 0.0229 e. The van der Waals surface area contributed by atoms with Crippen molar-refractivity contribution in [3.63, 3.8) is 0 Å². The summed E-state index contributed by atoms with van der Waals surface area (Å²) in [6.45, 7) is 4.27. The summed E-state index contributed by atoms with van der Waals surface area (Å²) in [4.78, 5) is 2.66. The fraction of sp³-hybridized carbons (Fsp3) is 1.00. The van der Waals surface area contributed by atoms with Gasteiger partial charge in [-0.15, -0.1) is 0 Å². The molecule has 0 aromatic rings. The number of rotatable bonds is 7. The standard InChI is InChI=1S/C12H26N2S/c1-3-14(11-6-4-5-7-11)12(10-13)8-9-15-2/h11-12H,3-10,13H2,1-2H3. The van der Waals surface area contributed by atoms with E-state index in [0.717, 1.165) is 12.6 Å². The maximum absolute atomic E-state index is 5.91. The molecule has 3 heteroatoms. The van der Waals surface area contributed by atoms with E-state index < -0.39 is 0 Å². The van der Waals surface area contributed by atoms with Crippen LogP contribution in [-0.4, -0.2) is 42.1 Å². The molecule has 0 saturated heterocycles. The summed E-state index contributed by atoms with van der Waals surface area (Å²) in [5.41, 5.74) is 5.91. The zero-order valence-corrected chi connectivity index (χ0v) is 11.1. The molecule has 1 aliphatic rings. The third-order valence-electron chi connectivity index (χ3n) is 3.56. The third kappa shape index (κ3) is 3.97. The van der Waals surface area contributed by atoms with Gasteiger partial charge >= 0.3 is 0 Å². The van der Waals surface area contributed by atoms with Crippen molar-refractivity contribution in [1.29, 1.82) is 0 Å². The van der Waals surface area contributed by atoms with E-state index in [-0.39, 0.29) is 0 Å². The monoisotopic (exact) mass is 230 g/mol. The molecule has 0 aliphatic heterocycles. The lowest BCUT2D eigenvalue weighted by atomic mass is 10.1. The highest BCUT2D eigenvalue weighted by atomic mass is 32.2. The van der Waals surface area contributed by atoms with Crippen molar-refractivity contribution in [2.75, 3.05) is 25.1 Å². The minimum absolute atomic E-state index is 0.616. The second-order valence-corrected chi connectivity index (χ2v) is 5.43. The van der Waals surface area contributed by atoms with Crippen LogP contribution in [0.4, 0.5) is 0 Å². The summed E-state index contributed by atoms with van der Waals surface area (Å²) in [6, 6.07) is 1.44. The van der Waals surface area contributed by atoms with Crippen LogP contribution in [0, 0.1) is 0 Å². The van der Waals surface area contributed by atoms with Gasteiger partial charge in [0, 0.05) is 18.6 Å². The Kier molecular flexibility index (Phi) is 6.69. The molecule has 90 valence electrons. The van der Waals surface area contributed by atoms with Crippen molar-refractivity contribution in [2.45, 2.75) is 51.1 Å². The first-order valence-electron chi connectivity index (χ1n) is 6.28. The summed E-state index contributed by atoms with van der Waals surface area (Å²) in [6.07, 6.45) is 9.05. The van der Waals surface area contributed by atoms with Crippen LogP contribution in [0.5, 0.6) is 0 Å². The van der Waals surface area contributed by atoms with E-state index in [9.17, 15) is 0 Å². The van der Waals surface area contributed by atoms with Crippen molar-refractivity contribution in [3.8, 4) is 0 Å². The Labute approximate surface area is 99.0 Å². The van der Waals surface area contributed by atoms with E-state index in [4.69, 9.17) is 5.73 Å². The molecule has 0 spiro atoms. The summed E-state index contributed by atoms with van der Waals surface area (Å²) in [7, 11) is 0.